The fourth-order valence-corrected chi connectivity index (χ4v) is 2.87. The summed E-state index contributed by atoms with van der Waals surface area (Å²) in [6, 6.07) is 0.341. The average molecular weight is 243 g/mol. The maximum atomic E-state index is 10.1. The lowest BCUT2D eigenvalue weighted by Gasteiger charge is -2.40. The summed E-state index contributed by atoms with van der Waals surface area (Å²) in [5.41, 5.74) is 0. The van der Waals surface area contributed by atoms with Crippen molar-refractivity contribution in [1.29, 1.82) is 0 Å². The SMILES string of the molecule is COCCCN(C)C1CC(C(C)C)CCC1O. The van der Waals surface area contributed by atoms with Crippen LogP contribution in [-0.2, 0) is 4.74 Å². The van der Waals surface area contributed by atoms with Crippen LogP contribution in [0.25, 0.3) is 0 Å². The van der Waals surface area contributed by atoms with Crippen molar-refractivity contribution in [1.82, 2.24) is 4.90 Å². The van der Waals surface area contributed by atoms with Crippen LogP contribution in [0.15, 0.2) is 0 Å². The van der Waals surface area contributed by atoms with Crippen molar-refractivity contribution in [2.24, 2.45) is 11.8 Å². The summed E-state index contributed by atoms with van der Waals surface area (Å²) in [5, 5.41) is 10.1. The molecule has 1 fully saturated rings. The normalized spacial score (nSPS) is 30.2. The van der Waals surface area contributed by atoms with Gasteiger partial charge >= 0.3 is 0 Å². The van der Waals surface area contributed by atoms with E-state index in [2.05, 4.69) is 25.8 Å². The molecule has 1 N–H and O–H groups in total. The Kier molecular flexibility index (Phi) is 6.45. The van der Waals surface area contributed by atoms with E-state index in [1.165, 1.54) is 6.42 Å². The van der Waals surface area contributed by atoms with Crippen molar-refractivity contribution in [3.8, 4) is 0 Å². The Morgan fingerprint density at radius 3 is 2.65 bits per heavy atom. The molecule has 17 heavy (non-hydrogen) atoms. The Bertz CT molecular complexity index is 208. The standard InChI is InChI=1S/C14H29NO2/c1-11(2)12-6-7-14(16)13(10-12)15(3)8-5-9-17-4/h11-14,16H,5-10H2,1-4H3. The van der Waals surface area contributed by atoms with E-state index in [-0.39, 0.29) is 6.10 Å². The molecule has 3 atom stereocenters. The molecule has 0 aromatic heterocycles. The highest BCUT2D eigenvalue weighted by molar-refractivity contribution is 4.86. The van der Waals surface area contributed by atoms with Gasteiger partial charge in [0.15, 0.2) is 0 Å². The van der Waals surface area contributed by atoms with Crippen LogP contribution in [0.4, 0.5) is 0 Å². The largest absolute Gasteiger partial charge is 0.391 e. The predicted octanol–water partition coefficient (Wildman–Crippen LogP) is 2.14. The van der Waals surface area contributed by atoms with Gasteiger partial charge in [-0.05, 0) is 44.6 Å². The van der Waals surface area contributed by atoms with E-state index in [0.29, 0.717) is 6.04 Å². The Morgan fingerprint density at radius 2 is 2.06 bits per heavy atom. The summed E-state index contributed by atoms with van der Waals surface area (Å²) in [6.07, 6.45) is 4.19. The van der Waals surface area contributed by atoms with Gasteiger partial charge in [-0.3, -0.25) is 0 Å². The Labute approximate surface area is 106 Å². The number of aliphatic hydroxyl groups is 1. The lowest BCUT2D eigenvalue weighted by molar-refractivity contribution is 0.00379. The third-order valence-electron chi connectivity index (χ3n) is 4.19. The summed E-state index contributed by atoms with van der Waals surface area (Å²) in [6.45, 7) is 6.41. The van der Waals surface area contributed by atoms with Gasteiger partial charge in [-0.1, -0.05) is 13.8 Å². The predicted molar refractivity (Wildman–Crippen MR) is 71.1 cm³/mol. The van der Waals surface area contributed by atoms with E-state index in [4.69, 9.17) is 4.74 Å². The van der Waals surface area contributed by atoms with Crippen molar-refractivity contribution in [3.05, 3.63) is 0 Å². The fraction of sp³-hybridized carbons (Fsp3) is 1.00. The fourth-order valence-electron chi connectivity index (χ4n) is 2.87. The van der Waals surface area contributed by atoms with Crippen LogP contribution >= 0.6 is 0 Å². The zero-order chi connectivity index (χ0) is 12.8. The highest BCUT2D eigenvalue weighted by Crippen LogP contribution is 2.32. The van der Waals surface area contributed by atoms with E-state index >= 15 is 0 Å². The number of methoxy groups -OCH3 is 1. The average Bonchev–Trinajstić information content (AvgIpc) is 2.29. The van der Waals surface area contributed by atoms with E-state index in [9.17, 15) is 5.11 Å². The van der Waals surface area contributed by atoms with Crippen LogP contribution in [0.3, 0.4) is 0 Å². The van der Waals surface area contributed by atoms with Crippen molar-refractivity contribution in [2.75, 3.05) is 27.3 Å². The van der Waals surface area contributed by atoms with Gasteiger partial charge in [0.25, 0.3) is 0 Å². The van der Waals surface area contributed by atoms with Crippen molar-refractivity contribution in [3.63, 3.8) is 0 Å². The molecule has 3 heteroatoms. The highest BCUT2D eigenvalue weighted by Gasteiger charge is 2.32. The second-order valence-corrected chi connectivity index (χ2v) is 5.78. The quantitative estimate of drug-likeness (QED) is 0.726. The van der Waals surface area contributed by atoms with Gasteiger partial charge in [-0.25, -0.2) is 0 Å². The number of ether oxygens (including phenoxy) is 1. The third-order valence-corrected chi connectivity index (χ3v) is 4.19. The molecular weight excluding hydrogens is 214 g/mol. The van der Waals surface area contributed by atoms with Gasteiger partial charge in [0.05, 0.1) is 6.10 Å². The molecule has 1 aliphatic carbocycles. The van der Waals surface area contributed by atoms with Crippen molar-refractivity contribution < 1.29 is 9.84 Å². The maximum absolute atomic E-state index is 10.1. The first-order valence-electron chi connectivity index (χ1n) is 6.93. The Balaban J connectivity index is 2.42. The van der Waals surface area contributed by atoms with Crippen LogP contribution in [0.5, 0.6) is 0 Å². The number of likely N-dealkylation sites (N-methyl/N-ethyl adjacent to an activating group) is 1. The molecule has 0 spiro atoms. The molecule has 1 rings (SSSR count). The molecular formula is C14H29NO2. The smallest absolute Gasteiger partial charge is 0.0695 e. The first-order valence-corrected chi connectivity index (χ1v) is 6.93. The van der Waals surface area contributed by atoms with E-state index in [1.807, 2.05) is 0 Å². The van der Waals surface area contributed by atoms with E-state index in [1.54, 1.807) is 7.11 Å². The highest BCUT2D eigenvalue weighted by atomic mass is 16.5. The summed E-state index contributed by atoms with van der Waals surface area (Å²) in [5.74, 6) is 1.51. The minimum atomic E-state index is -0.141. The molecule has 0 radical (unpaired) electrons. The number of aliphatic hydroxyl groups excluding tert-OH is 1. The molecule has 3 nitrogen and oxygen atoms in total. The molecule has 3 unspecified atom stereocenters. The second-order valence-electron chi connectivity index (χ2n) is 5.78. The number of nitrogens with zero attached hydrogens (tertiary/aromatic N) is 1. The number of hydrogen-bond donors (Lipinski definition) is 1. The monoisotopic (exact) mass is 243 g/mol. The molecule has 0 heterocycles. The molecule has 1 saturated carbocycles. The Hall–Kier alpha value is -0.120. The summed E-state index contributed by atoms with van der Waals surface area (Å²) >= 11 is 0. The van der Waals surface area contributed by atoms with Crippen LogP contribution in [0.2, 0.25) is 0 Å². The lowest BCUT2D eigenvalue weighted by Crippen LogP contribution is -2.46. The molecule has 0 amide bonds. The van der Waals surface area contributed by atoms with Gasteiger partial charge < -0.3 is 14.7 Å². The number of hydrogen-bond acceptors (Lipinski definition) is 3. The van der Waals surface area contributed by atoms with Crippen LogP contribution in [0.1, 0.15) is 39.5 Å². The topological polar surface area (TPSA) is 32.7 Å². The van der Waals surface area contributed by atoms with E-state index < -0.39 is 0 Å². The zero-order valence-corrected chi connectivity index (χ0v) is 11.9. The maximum Gasteiger partial charge on any atom is 0.0695 e. The molecule has 0 aromatic carbocycles. The molecule has 0 aromatic rings. The molecule has 1 aliphatic rings. The van der Waals surface area contributed by atoms with Crippen LogP contribution in [-0.4, -0.2) is 49.5 Å². The van der Waals surface area contributed by atoms with Crippen LogP contribution < -0.4 is 0 Å². The zero-order valence-electron chi connectivity index (χ0n) is 11.9. The summed E-state index contributed by atoms with van der Waals surface area (Å²) in [4.78, 5) is 2.32. The summed E-state index contributed by atoms with van der Waals surface area (Å²) in [7, 11) is 3.87. The van der Waals surface area contributed by atoms with Crippen molar-refractivity contribution in [2.45, 2.75) is 51.7 Å². The minimum absolute atomic E-state index is 0.141. The van der Waals surface area contributed by atoms with E-state index in [0.717, 1.165) is 44.2 Å². The van der Waals surface area contributed by atoms with Gasteiger partial charge in [0, 0.05) is 26.3 Å². The minimum Gasteiger partial charge on any atom is -0.391 e. The molecule has 0 bridgehead atoms. The second kappa shape index (κ2) is 7.34. The van der Waals surface area contributed by atoms with Gasteiger partial charge in [-0.15, -0.1) is 0 Å². The molecule has 0 saturated heterocycles. The van der Waals surface area contributed by atoms with Crippen molar-refractivity contribution >= 4 is 0 Å². The lowest BCUT2D eigenvalue weighted by atomic mass is 9.77. The van der Waals surface area contributed by atoms with Gasteiger partial charge in [0.2, 0.25) is 0 Å². The summed E-state index contributed by atoms with van der Waals surface area (Å²) < 4.78 is 5.08. The first-order chi connectivity index (χ1) is 8.06. The van der Waals surface area contributed by atoms with Gasteiger partial charge in [-0.2, -0.15) is 0 Å². The molecule has 102 valence electrons. The molecule has 0 aliphatic heterocycles. The van der Waals surface area contributed by atoms with Crippen LogP contribution in [0, 0.1) is 11.8 Å². The first kappa shape index (κ1) is 14.9. The van der Waals surface area contributed by atoms with Gasteiger partial charge in [0.1, 0.15) is 0 Å². The third kappa shape index (κ3) is 4.57. The number of rotatable bonds is 6. The Morgan fingerprint density at radius 1 is 1.35 bits per heavy atom.